The molecule has 2 N–H and O–H groups in total. The predicted molar refractivity (Wildman–Crippen MR) is 75.1 cm³/mol. The standard InChI is InChI=1S/C15H22FNO3/c1-12(20-14-9-5-4-8-13(14)16)15(19)17-10-6-2-3-7-11-18/h4-5,8-9,12,18H,2-3,6-7,10-11H2,1H3,(H,17,19). The van der Waals surface area contributed by atoms with Crippen molar-refractivity contribution in [3.05, 3.63) is 30.1 Å². The Kier molecular flexibility index (Phi) is 7.65. The number of carbonyl (C=O) groups is 1. The highest BCUT2D eigenvalue weighted by Gasteiger charge is 2.15. The molecular formula is C15H22FNO3. The topological polar surface area (TPSA) is 58.6 Å². The van der Waals surface area contributed by atoms with E-state index in [0.29, 0.717) is 6.54 Å². The Hall–Kier alpha value is -1.62. The minimum absolute atomic E-state index is 0.0816. The summed E-state index contributed by atoms with van der Waals surface area (Å²) in [7, 11) is 0. The molecule has 0 aliphatic carbocycles. The summed E-state index contributed by atoms with van der Waals surface area (Å²) >= 11 is 0. The third-order valence-corrected chi connectivity index (χ3v) is 2.89. The van der Waals surface area contributed by atoms with Gasteiger partial charge in [0, 0.05) is 13.2 Å². The molecule has 1 unspecified atom stereocenters. The molecule has 0 saturated heterocycles. The molecule has 0 spiro atoms. The van der Waals surface area contributed by atoms with Crippen LogP contribution in [0.3, 0.4) is 0 Å². The van der Waals surface area contributed by atoms with Crippen molar-refractivity contribution in [3.63, 3.8) is 0 Å². The first-order chi connectivity index (χ1) is 9.65. The fraction of sp³-hybridized carbons (Fsp3) is 0.533. The molecule has 1 atom stereocenters. The summed E-state index contributed by atoms with van der Waals surface area (Å²) < 4.78 is 18.6. The molecule has 0 aliphatic heterocycles. The van der Waals surface area contributed by atoms with Crippen LogP contribution in [-0.4, -0.2) is 30.3 Å². The first-order valence-electron chi connectivity index (χ1n) is 6.95. The van der Waals surface area contributed by atoms with Gasteiger partial charge in [0.05, 0.1) is 0 Å². The van der Waals surface area contributed by atoms with Crippen molar-refractivity contribution in [1.82, 2.24) is 5.32 Å². The lowest BCUT2D eigenvalue weighted by Gasteiger charge is -2.15. The van der Waals surface area contributed by atoms with Crippen molar-refractivity contribution in [2.24, 2.45) is 0 Å². The van der Waals surface area contributed by atoms with Gasteiger partial charge in [-0.3, -0.25) is 4.79 Å². The van der Waals surface area contributed by atoms with Gasteiger partial charge in [-0.25, -0.2) is 4.39 Å². The number of para-hydroxylation sites is 1. The SMILES string of the molecule is CC(Oc1ccccc1F)C(=O)NCCCCCCO. The molecule has 1 amide bonds. The molecular weight excluding hydrogens is 261 g/mol. The van der Waals surface area contributed by atoms with Crippen LogP contribution in [0.5, 0.6) is 5.75 Å². The Balaban J connectivity index is 2.24. The minimum atomic E-state index is -0.732. The van der Waals surface area contributed by atoms with E-state index in [-0.39, 0.29) is 18.3 Å². The lowest BCUT2D eigenvalue weighted by Crippen LogP contribution is -2.36. The van der Waals surface area contributed by atoms with Crippen LogP contribution in [0.4, 0.5) is 4.39 Å². The van der Waals surface area contributed by atoms with E-state index in [9.17, 15) is 9.18 Å². The van der Waals surface area contributed by atoms with Crippen LogP contribution in [-0.2, 0) is 4.79 Å². The van der Waals surface area contributed by atoms with Crippen molar-refractivity contribution < 1.29 is 19.0 Å². The van der Waals surface area contributed by atoms with Crippen LogP contribution in [0, 0.1) is 5.82 Å². The van der Waals surface area contributed by atoms with Crippen molar-refractivity contribution in [2.45, 2.75) is 38.7 Å². The maximum atomic E-state index is 13.4. The molecule has 1 aromatic rings. The second kappa shape index (κ2) is 9.31. The van der Waals surface area contributed by atoms with E-state index in [2.05, 4.69) is 5.32 Å². The molecule has 0 radical (unpaired) electrons. The summed E-state index contributed by atoms with van der Waals surface area (Å²) in [4.78, 5) is 11.7. The Morgan fingerprint density at radius 3 is 2.70 bits per heavy atom. The molecule has 0 bridgehead atoms. The van der Waals surface area contributed by atoms with E-state index in [1.165, 1.54) is 12.1 Å². The maximum Gasteiger partial charge on any atom is 0.260 e. The third kappa shape index (κ3) is 6.02. The van der Waals surface area contributed by atoms with Gasteiger partial charge >= 0.3 is 0 Å². The first-order valence-corrected chi connectivity index (χ1v) is 6.95. The number of benzene rings is 1. The van der Waals surface area contributed by atoms with Crippen molar-refractivity contribution >= 4 is 5.91 Å². The number of amides is 1. The molecule has 4 nitrogen and oxygen atoms in total. The zero-order valence-corrected chi connectivity index (χ0v) is 11.8. The lowest BCUT2D eigenvalue weighted by atomic mass is 10.2. The van der Waals surface area contributed by atoms with Gasteiger partial charge < -0.3 is 15.2 Å². The highest BCUT2D eigenvalue weighted by Crippen LogP contribution is 2.16. The first kappa shape index (κ1) is 16.4. The van der Waals surface area contributed by atoms with E-state index < -0.39 is 11.9 Å². The smallest absolute Gasteiger partial charge is 0.260 e. The summed E-state index contributed by atoms with van der Waals surface area (Å²) in [6, 6.07) is 6.01. The summed E-state index contributed by atoms with van der Waals surface area (Å²) in [6.07, 6.45) is 2.83. The highest BCUT2D eigenvalue weighted by molar-refractivity contribution is 5.80. The Morgan fingerprint density at radius 1 is 1.30 bits per heavy atom. The molecule has 0 saturated carbocycles. The van der Waals surface area contributed by atoms with E-state index in [4.69, 9.17) is 9.84 Å². The van der Waals surface area contributed by atoms with Crippen LogP contribution in [0.25, 0.3) is 0 Å². The fourth-order valence-corrected chi connectivity index (χ4v) is 1.73. The quantitative estimate of drug-likeness (QED) is 0.683. The van der Waals surface area contributed by atoms with Crippen molar-refractivity contribution in [2.75, 3.05) is 13.2 Å². The normalized spacial score (nSPS) is 11.9. The largest absolute Gasteiger partial charge is 0.478 e. The Labute approximate surface area is 119 Å². The second-order valence-corrected chi connectivity index (χ2v) is 4.62. The van der Waals surface area contributed by atoms with Gasteiger partial charge in [-0.15, -0.1) is 0 Å². The number of aliphatic hydroxyl groups excluding tert-OH is 1. The van der Waals surface area contributed by atoms with Gasteiger partial charge in [0.15, 0.2) is 17.7 Å². The van der Waals surface area contributed by atoms with Gasteiger partial charge in [0.2, 0.25) is 0 Å². The molecule has 0 heterocycles. The number of ether oxygens (including phenoxy) is 1. The molecule has 20 heavy (non-hydrogen) atoms. The highest BCUT2D eigenvalue weighted by atomic mass is 19.1. The van der Waals surface area contributed by atoms with Crippen LogP contribution in [0.15, 0.2) is 24.3 Å². The van der Waals surface area contributed by atoms with E-state index in [0.717, 1.165) is 25.7 Å². The summed E-state index contributed by atoms with van der Waals surface area (Å²) in [5, 5.41) is 11.4. The summed E-state index contributed by atoms with van der Waals surface area (Å²) in [5.41, 5.74) is 0. The minimum Gasteiger partial charge on any atom is -0.478 e. The lowest BCUT2D eigenvalue weighted by molar-refractivity contribution is -0.127. The molecule has 5 heteroatoms. The third-order valence-electron chi connectivity index (χ3n) is 2.89. The Morgan fingerprint density at radius 2 is 2.00 bits per heavy atom. The molecule has 0 aromatic heterocycles. The number of aliphatic hydroxyl groups is 1. The Bertz CT molecular complexity index is 412. The van der Waals surface area contributed by atoms with Crippen molar-refractivity contribution in [3.8, 4) is 5.75 Å². The molecule has 1 aromatic carbocycles. The zero-order chi connectivity index (χ0) is 14.8. The number of halogens is 1. The average molecular weight is 283 g/mol. The number of rotatable bonds is 9. The number of unbranched alkanes of at least 4 members (excludes halogenated alkanes) is 3. The second-order valence-electron chi connectivity index (χ2n) is 4.62. The van der Waals surface area contributed by atoms with Gasteiger partial charge in [-0.05, 0) is 31.9 Å². The van der Waals surface area contributed by atoms with E-state index >= 15 is 0 Å². The number of hydrogen-bond donors (Lipinski definition) is 2. The zero-order valence-electron chi connectivity index (χ0n) is 11.8. The fourth-order valence-electron chi connectivity index (χ4n) is 1.73. The van der Waals surface area contributed by atoms with E-state index in [1.54, 1.807) is 19.1 Å². The maximum absolute atomic E-state index is 13.4. The number of nitrogens with one attached hydrogen (secondary N) is 1. The van der Waals surface area contributed by atoms with E-state index in [1.807, 2.05) is 0 Å². The molecule has 1 rings (SSSR count). The van der Waals surface area contributed by atoms with Gasteiger partial charge in [-0.2, -0.15) is 0 Å². The van der Waals surface area contributed by atoms with Crippen molar-refractivity contribution in [1.29, 1.82) is 0 Å². The average Bonchev–Trinajstić information content (AvgIpc) is 2.44. The molecule has 0 fully saturated rings. The molecule has 0 aliphatic rings. The molecule has 112 valence electrons. The number of hydrogen-bond acceptors (Lipinski definition) is 3. The van der Waals surface area contributed by atoms with Gasteiger partial charge in [0.1, 0.15) is 0 Å². The van der Waals surface area contributed by atoms with Crippen LogP contribution < -0.4 is 10.1 Å². The van der Waals surface area contributed by atoms with Gasteiger partial charge in [0.25, 0.3) is 5.91 Å². The van der Waals surface area contributed by atoms with Crippen LogP contribution in [0.1, 0.15) is 32.6 Å². The summed E-state index contributed by atoms with van der Waals surface area (Å²) in [5.74, 6) is -0.648. The summed E-state index contributed by atoms with van der Waals surface area (Å²) in [6.45, 7) is 2.36. The number of carbonyl (C=O) groups excluding carboxylic acids is 1. The van der Waals surface area contributed by atoms with Crippen LogP contribution >= 0.6 is 0 Å². The monoisotopic (exact) mass is 283 g/mol. The van der Waals surface area contributed by atoms with Crippen LogP contribution in [0.2, 0.25) is 0 Å². The van der Waals surface area contributed by atoms with Gasteiger partial charge in [-0.1, -0.05) is 25.0 Å². The predicted octanol–water partition coefficient (Wildman–Crippen LogP) is 2.26.